The number of amides is 3. The Morgan fingerprint density at radius 3 is 2.67 bits per heavy atom. The molecule has 1 saturated heterocycles. The van der Waals surface area contributed by atoms with E-state index in [2.05, 4.69) is 5.32 Å². The zero-order chi connectivity index (χ0) is 17.7. The summed E-state index contributed by atoms with van der Waals surface area (Å²) in [6.45, 7) is 2.25. The smallest absolute Gasteiger partial charge is 0.317 e. The fourth-order valence-electron chi connectivity index (χ4n) is 2.70. The molecule has 1 aliphatic heterocycles. The summed E-state index contributed by atoms with van der Waals surface area (Å²) in [5.74, 6) is -1.76. The summed E-state index contributed by atoms with van der Waals surface area (Å²) in [5.41, 5.74) is 0.814. The van der Waals surface area contributed by atoms with Crippen LogP contribution in [0.25, 0.3) is 0 Å². The van der Waals surface area contributed by atoms with Gasteiger partial charge in [0.2, 0.25) is 5.91 Å². The van der Waals surface area contributed by atoms with Crippen LogP contribution in [-0.4, -0.2) is 54.1 Å². The van der Waals surface area contributed by atoms with Crippen molar-refractivity contribution in [2.45, 2.75) is 25.8 Å². The van der Waals surface area contributed by atoms with Gasteiger partial charge >= 0.3 is 12.0 Å². The molecule has 1 heterocycles. The number of carboxylic acids is 1. The molecule has 0 saturated carbocycles. The minimum atomic E-state index is -0.960. The zero-order valence-electron chi connectivity index (χ0n) is 13.9. The number of carbonyl (C=O) groups excluding carboxylic acids is 2. The molecule has 1 aromatic carbocycles. The minimum Gasteiger partial charge on any atom is -0.481 e. The molecule has 1 aromatic rings. The molecule has 2 atom stereocenters. The maximum Gasteiger partial charge on any atom is 0.317 e. The molecule has 2 rings (SSSR count). The van der Waals surface area contributed by atoms with Crippen LogP contribution in [0.2, 0.25) is 0 Å². The van der Waals surface area contributed by atoms with E-state index in [0.29, 0.717) is 13.0 Å². The third-order valence-corrected chi connectivity index (χ3v) is 4.12. The first-order valence-corrected chi connectivity index (χ1v) is 8.01. The Labute approximate surface area is 141 Å². The fourth-order valence-corrected chi connectivity index (χ4v) is 2.70. The van der Waals surface area contributed by atoms with Crippen molar-refractivity contribution in [1.29, 1.82) is 0 Å². The molecule has 0 radical (unpaired) electrons. The Kier molecular flexibility index (Phi) is 5.78. The number of rotatable bonds is 5. The SMILES string of the molecule is CC(CN(C)C(=O)NC1CCCN(c2ccccc2)C1=O)C(=O)O. The van der Waals surface area contributed by atoms with Crippen molar-refractivity contribution in [1.82, 2.24) is 10.2 Å². The Morgan fingerprint density at radius 2 is 2.04 bits per heavy atom. The lowest BCUT2D eigenvalue weighted by Gasteiger charge is -2.33. The summed E-state index contributed by atoms with van der Waals surface area (Å²) in [6.07, 6.45) is 1.37. The van der Waals surface area contributed by atoms with Gasteiger partial charge in [0, 0.05) is 25.8 Å². The summed E-state index contributed by atoms with van der Waals surface area (Å²) in [6, 6.07) is 8.32. The van der Waals surface area contributed by atoms with Crippen LogP contribution in [0.3, 0.4) is 0 Å². The summed E-state index contributed by atoms with van der Waals surface area (Å²) in [7, 11) is 1.52. The van der Waals surface area contributed by atoms with E-state index in [1.54, 1.807) is 4.90 Å². The van der Waals surface area contributed by atoms with Gasteiger partial charge < -0.3 is 20.2 Å². The Hall–Kier alpha value is -2.57. The van der Waals surface area contributed by atoms with Crippen molar-refractivity contribution in [3.05, 3.63) is 30.3 Å². The number of urea groups is 1. The van der Waals surface area contributed by atoms with Gasteiger partial charge in [-0.1, -0.05) is 25.1 Å². The van der Waals surface area contributed by atoms with Gasteiger partial charge in [0.25, 0.3) is 0 Å². The monoisotopic (exact) mass is 333 g/mol. The number of hydrogen-bond donors (Lipinski definition) is 2. The highest BCUT2D eigenvalue weighted by molar-refractivity contribution is 5.99. The number of carbonyl (C=O) groups is 3. The topological polar surface area (TPSA) is 90.0 Å². The summed E-state index contributed by atoms with van der Waals surface area (Å²) < 4.78 is 0. The van der Waals surface area contributed by atoms with E-state index >= 15 is 0 Å². The molecular weight excluding hydrogens is 310 g/mol. The van der Waals surface area contributed by atoms with Gasteiger partial charge in [-0.2, -0.15) is 0 Å². The molecule has 0 aromatic heterocycles. The maximum atomic E-state index is 12.6. The molecule has 1 aliphatic rings. The summed E-state index contributed by atoms with van der Waals surface area (Å²) in [5, 5.41) is 11.6. The predicted molar refractivity (Wildman–Crippen MR) is 89.8 cm³/mol. The Bertz CT molecular complexity index is 605. The van der Waals surface area contributed by atoms with Crippen molar-refractivity contribution in [3.63, 3.8) is 0 Å². The fraction of sp³-hybridized carbons (Fsp3) is 0.471. The van der Waals surface area contributed by atoms with E-state index in [-0.39, 0.29) is 12.5 Å². The van der Waals surface area contributed by atoms with Crippen molar-refractivity contribution < 1.29 is 19.5 Å². The third-order valence-electron chi connectivity index (χ3n) is 4.12. The highest BCUT2D eigenvalue weighted by Crippen LogP contribution is 2.20. The molecule has 2 N–H and O–H groups in total. The molecule has 7 nitrogen and oxygen atoms in total. The van der Waals surface area contributed by atoms with Crippen LogP contribution in [0.4, 0.5) is 10.5 Å². The lowest BCUT2D eigenvalue weighted by molar-refractivity contribution is -0.141. The second-order valence-electron chi connectivity index (χ2n) is 6.09. The normalized spacial score (nSPS) is 18.8. The number of aliphatic carboxylic acids is 1. The molecule has 24 heavy (non-hydrogen) atoms. The summed E-state index contributed by atoms with van der Waals surface area (Å²) in [4.78, 5) is 38.7. The molecule has 7 heteroatoms. The number of piperidine rings is 1. The van der Waals surface area contributed by atoms with Gasteiger partial charge in [-0.05, 0) is 25.0 Å². The van der Waals surface area contributed by atoms with Crippen LogP contribution in [-0.2, 0) is 9.59 Å². The number of carboxylic acid groups (broad SMARTS) is 1. The Morgan fingerprint density at radius 1 is 1.38 bits per heavy atom. The van der Waals surface area contributed by atoms with Gasteiger partial charge in [0.15, 0.2) is 0 Å². The lowest BCUT2D eigenvalue weighted by atomic mass is 10.0. The van der Waals surface area contributed by atoms with Gasteiger partial charge in [-0.25, -0.2) is 4.79 Å². The van der Waals surface area contributed by atoms with E-state index in [4.69, 9.17) is 5.11 Å². The van der Waals surface area contributed by atoms with Crippen molar-refractivity contribution in [2.24, 2.45) is 5.92 Å². The molecule has 2 unspecified atom stereocenters. The highest BCUT2D eigenvalue weighted by atomic mass is 16.4. The van der Waals surface area contributed by atoms with Crippen LogP contribution in [0.15, 0.2) is 30.3 Å². The standard InChI is InChI=1S/C17H23N3O4/c1-12(16(22)23)11-19(2)17(24)18-14-9-6-10-20(15(14)21)13-7-4-3-5-8-13/h3-5,7-8,12,14H,6,9-11H2,1-2H3,(H,18,24)(H,22,23). The molecule has 0 bridgehead atoms. The second kappa shape index (κ2) is 7.81. The van der Waals surface area contributed by atoms with Gasteiger partial charge in [-0.3, -0.25) is 9.59 Å². The molecule has 3 amide bonds. The lowest BCUT2D eigenvalue weighted by Crippen LogP contribution is -2.55. The number of hydrogen-bond acceptors (Lipinski definition) is 3. The van der Waals surface area contributed by atoms with Crippen LogP contribution in [0.1, 0.15) is 19.8 Å². The molecule has 130 valence electrons. The molecule has 1 fully saturated rings. The number of para-hydroxylation sites is 1. The highest BCUT2D eigenvalue weighted by Gasteiger charge is 2.31. The number of anilines is 1. The van der Waals surface area contributed by atoms with Crippen molar-refractivity contribution >= 4 is 23.6 Å². The predicted octanol–water partition coefficient (Wildman–Crippen LogP) is 1.54. The van der Waals surface area contributed by atoms with Crippen LogP contribution >= 0.6 is 0 Å². The van der Waals surface area contributed by atoms with E-state index < -0.39 is 24.0 Å². The molecule has 0 aliphatic carbocycles. The van der Waals surface area contributed by atoms with E-state index in [1.807, 2.05) is 30.3 Å². The zero-order valence-corrected chi connectivity index (χ0v) is 13.9. The molecular formula is C17H23N3O4. The second-order valence-corrected chi connectivity index (χ2v) is 6.09. The average molecular weight is 333 g/mol. The maximum absolute atomic E-state index is 12.6. The Balaban J connectivity index is 1.97. The largest absolute Gasteiger partial charge is 0.481 e. The van der Waals surface area contributed by atoms with Gasteiger partial charge in [0.05, 0.1) is 5.92 Å². The number of benzene rings is 1. The first-order valence-electron chi connectivity index (χ1n) is 8.01. The van der Waals surface area contributed by atoms with E-state index in [9.17, 15) is 14.4 Å². The minimum absolute atomic E-state index is 0.0878. The third kappa shape index (κ3) is 4.24. The quantitative estimate of drug-likeness (QED) is 0.855. The van der Waals surface area contributed by atoms with Crippen LogP contribution < -0.4 is 10.2 Å². The van der Waals surface area contributed by atoms with Crippen LogP contribution in [0.5, 0.6) is 0 Å². The van der Waals surface area contributed by atoms with E-state index in [1.165, 1.54) is 18.9 Å². The van der Waals surface area contributed by atoms with Gasteiger partial charge in [0.1, 0.15) is 6.04 Å². The number of nitrogens with zero attached hydrogens (tertiary/aromatic N) is 2. The first-order chi connectivity index (χ1) is 11.4. The van der Waals surface area contributed by atoms with E-state index in [0.717, 1.165) is 12.1 Å². The van der Waals surface area contributed by atoms with Crippen molar-refractivity contribution in [3.8, 4) is 0 Å². The van der Waals surface area contributed by atoms with Gasteiger partial charge in [-0.15, -0.1) is 0 Å². The average Bonchev–Trinajstić information content (AvgIpc) is 2.57. The number of nitrogens with one attached hydrogen (secondary N) is 1. The van der Waals surface area contributed by atoms with Crippen LogP contribution in [0, 0.1) is 5.92 Å². The first kappa shape index (κ1) is 17.8. The summed E-state index contributed by atoms with van der Waals surface area (Å²) >= 11 is 0. The van der Waals surface area contributed by atoms with Crippen molar-refractivity contribution in [2.75, 3.05) is 25.0 Å². The molecule has 0 spiro atoms.